The fourth-order valence-electron chi connectivity index (χ4n) is 4.32. The van der Waals surface area contributed by atoms with Crippen LogP contribution < -0.4 is 19.9 Å². The molecule has 2 amide bonds. The Labute approximate surface area is 214 Å². The number of nitrogens with one attached hydrogen (secondary N) is 2. The first-order valence-corrected chi connectivity index (χ1v) is 12.3. The van der Waals surface area contributed by atoms with Crippen LogP contribution in [-0.4, -0.2) is 96.8 Å². The number of ether oxygens (including phenoxy) is 2. The lowest BCUT2D eigenvalue weighted by molar-refractivity contribution is -0.129. The first kappa shape index (κ1) is 24.8. The molecule has 37 heavy (non-hydrogen) atoms. The number of hydrogen-bond acceptors (Lipinski definition) is 9. The van der Waals surface area contributed by atoms with Crippen LogP contribution in [0.25, 0.3) is 22.2 Å². The minimum atomic E-state index is -0.575. The summed E-state index contributed by atoms with van der Waals surface area (Å²) in [5, 5.41) is 4.43. The van der Waals surface area contributed by atoms with Gasteiger partial charge in [0.15, 0.2) is 5.82 Å². The molecule has 12 heteroatoms. The van der Waals surface area contributed by atoms with E-state index < -0.39 is 6.03 Å². The molecule has 2 fully saturated rings. The SMILES string of the molecule is COc1nccc(OC2CC2)c1-c1c[nH]c2nc(N(OC=O)C(=O)NCCN3CCN(C)CC3)ccc12. The largest absolute Gasteiger partial charge is 0.490 e. The van der Waals surface area contributed by atoms with Crippen LogP contribution >= 0.6 is 0 Å². The Kier molecular flexibility index (Phi) is 7.37. The van der Waals surface area contributed by atoms with E-state index in [-0.39, 0.29) is 18.4 Å². The molecular formula is C25H31N7O5. The fourth-order valence-corrected chi connectivity index (χ4v) is 4.32. The maximum Gasteiger partial charge on any atom is 0.357 e. The lowest BCUT2D eigenvalue weighted by Crippen LogP contribution is -2.48. The average molecular weight is 510 g/mol. The summed E-state index contributed by atoms with van der Waals surface area (Å²) in [5.74, 6) is 1.29. The number of fused-ring (bicyclic) bond motifs is 1. The Morgan fingerprint density at radius 2 is 2.05 bits per heavy atom. The van der Waals surface area contributed by atoms with Crippen LogP contribution in [0.15, 0.2) is 30.6 Å². The highest BCUT2D eigenvalue weighted by Crippen LogP contribution is 2.42. The van der Waals surface area contributed by atoms with Gasteiger partial charge in [-0.2, -0.15) is 0 Å². The van der Waals surface area contributed by atoms with Crippen LogP contribution in [0.4, 0.5) is 10.6 Å². The van der Waals surface area contributed by atoms with Gasteiger partial charge in [-0.1, -0.05) is 0 Å². The predicted molar refractivity (Wildman–Crippen MR) is 136 cm³/mol. The normalized spacial score (nSPS) is 16.4. The van der Waals surface area contributed by atoms with Crippen molar-refractivity contribution in [2.75, 3.05) is 58.5 Å². The molecule has 0 spiro atoms. The highest BCUT2D eigenvalue weighted by molar-refractivity contribution is 5.98. The van der Waals surface area contributed by atoms with E-state index in [1.807, 2.05) is 6.07 Å². The van der Waals surface area contributed by atoms with E-state index in [1.54, 1.807) is 31.6 Å². The fraction of sp³-hybridized carbons (Fsp3) is 0.440. The van der Waals surface area contributed by atoms with Crippen molar-refractivity contribution in [3.8, 4) is 22.8 Å². The molecule has 1 saturated heterocycles. The number of H-pyrrole nitrogens is 1. The van der Waals surface area contributed by atoms with Crippen molar-refractivity contribution in [1.82, 2.24) is 30.1 Å². The standard InChI is InChI=1S/C25H31N7O5/c1-30-11-13-31(14-12-30)10-9-27-25(34)32(36-16-33)21-6-5-18-19(15-28-23(18)29-21)22-20(37-17-3-4-17)7-8-26-24(22)35-2/h5-8,15-17H,3-4,9-14H2,1-2H3,(H,27,34)(H,28,29). The molecule has 1 aliphatic heterocycles. The monoisotopic (exact) mass is 509 g/mol. The highest BCUT2D eigenvalue weighted by Gasteiger charge is 2.27. The van der Waals surface area contributed by atoms with Gasteiger partial charge in [0.05, 0.1) is 18.8 Å². The summed E-state index contributed by atoms with van der Waals surface area (Å²) in [6, 6.07) is 4.67. The number of hydroxylamine groups is 1. The molecule has 0 radical (unpaired) electrons. The van der Waals surface area contributed by atoms with Gasteiger partial charge in [-0.3, -0.25) is 9.69 Å². The highest BCUT2D eigenvalue weighted by atomic mass is 16.7. The third kappa shape index (κ3) is 5.59. The number of pyridine rings is 2. The van der Waals surface area contributed by atoms with Crippen LogP contribution in [0.3, 0.4) is 0 Å². The number of rotatable bonds is 10. The van der Waals surface area contributed by atoms with Gasteiger partial charge < -0.3 is 29.5 Å². The Hall–Kier alpha value is -3.90. The molecule has 2 N–H and O–H groups in total. The molecule has 0 unspecified atom stereocenters. The molecule has 0 aromatic carbocycles. The zero-order chi connectivity index (χ0) is 25.8. The van der Waals surface area contributed by atoms with Gasteiger partial charge in [0.1, 0.15) is 11.4 Å². The Balaban J connectivity index is 1.34. The molecule has 0 bridgehead atoms. The third-order valence-electron chi connectivity index (χ3n) is 6.52. The van der Waals surface area contributed by atoms with Crippen molar-refractivity contribution >= 4 is 29.4 Å². The Bertz CT molecular complexity index is 1250. The van der Waals surface area contributed by atoms with Crippen LogP contribution in [-0.2, 0) is 9.63 Å². The molecular weight excluding hydrogens is 478 g/mol. The van der Waals surface area contributed by atoms with Gasteiger partial charge in [-0.15, -0.1) is 5.06 Å². The second-order valence-corrected chi connectivity index (χ2v) is 9.15. The third-order valence-corrected chi connectivity index (χ3v) is 6.52. The van der Waals surface area contributed by atoms with Gasteiger partial charge in [-0.25, -0.2) is 14.8 Å². The van der Waals surface area contributed by atoms with Crippen LogP contribution in [0, 0.1) is 0 Å². The number of carbonyl (C=O) groups is 2. The number of piperazine rings is 1. The molecule has 196 valence electrons. The van der Waals surface area contributed by atoms with Gasteiger partial charge >= 0.3 is 12.5 Å². The predicted octanol–water partition coefficient (Wildman–Crippen LogP) is 2.03. The van der Waals surface area contributed by atoms with Crippen molar-refractivity contribution in [3.05, 3.63) is 30.6 Å². The summed E-state index contributed by atoms with van der Waals surface area (Å²) < 4.78 is 11.6. The zero-order valence-electron chi connectivity index (χ0n) is 21.0. The molecule has 12 nitrogen and oxygen atoms in total. The van der Waals surface area contributed by atoms with E-state index in [9.17, 15) is 9.59 Å². The molecule has 3 aromatic rings. The van der Waals surface area contributed by atoms with Gasteiger partial charge in [-0.05, 0) is 38.1 Å². The molecule has 1 saturated carbocycles. The molecule has 5 rings (SSSR count). The second kappa shape index (κ2) is 11.0. The number of hydrogen-bond donors (Lipinski definition) is 2. The van der Waals surface area contributed by atoms with E-state index in [4.69, 9.17) is 14.3 Å². The zero-order valence-corrected chi connectivity index (χ0v) is 21.0. The topological polar surface area (TPSA) is 125 Å². The minimum absolute atomic E-state index is 0.165. The van der Waals surface area contributed by atoms with Gasteiger partial charge in [0.25, 0.3) is 0 Å². The molecule has 1 aliphatic carbocycles. The smallest absolute Gasteiger partial charge is 0.357 e. The number of likely N-dealkylation sites (N-methyl/N-ethyl adjacent to an activating group) is 1. The quantitative estimate of drug-likeness (QED) is 0.312. The van der Waals surface area contributed by atoms with Gasteiger partial charge in [0.2, 0.25) is 5.88 Å². The number of aromatic nitrogens is 3. The molecule has 3 aromatic heterocycles. The number of methoxy groups -OCH3 is 1. The summed E-state index contributed by atoms with van der Waals surface area (Å²) in [5.41, 5.74) is 2.02. The lowest BCUT2D eigenvalue weighted by Gasteiger charge is -2.32. The van der Waals surface area contributed by atoms with E-state index in [2.05, 4.69) is 37.1 Å². The van der Waals surface area contributed by atoms with Crippen molar-refractivity contribution < 1.29 is 23.9 Å². The number of aromatic amines is 1. The first-order valence-electron chi connectivity index (χ1n) is 12.3. The number of carbonyl (C=O) groups excluding carboxylic acids is 2. The van der Waals surface area contributed by atoms with Crippen molar-refractivity contribution in [3.63, 3.8) is 0 Å². The van der Waals surface area contributed by atoms with E-state index >= 15 is 0 Å². The number of nitrogens with zero attached hydrogens (tertiary/aromatic N) is 5. The first-order chi connectivity index (χ1) is 18.1. The van der Waals surface area contributed by atoms with E-state index in [0.717, 1.165) is 60.6 Å². The number of urea groups is 1. The Morgan fingerprint density at radius 3 is 2.78 bits per heavy atom. The molecule has 0 atom stereocenters. The van der Waals surface area contributed by atoms with Gasteiger partial charge in [0, 0.05) is 62.6 Å². The van der Waals surface area contributed by atoms with Crippen molar-refractivity contribution in [2.45, 2.75) is 18.9 Å². The van der Waals surface area contributed by atoms with Crippen LogP contribution in [0.1, 0.15) is 12.8 Å². The Morgan fingerprint density at radius 1 is 1.24 bits per heavy atom. The summed E-state index contributed by atoms with van der Waals surface area (Å²) in [6.45, 7) is 5.21. The van der Waals surface area contributed by atoms with E-state index in [1.165, 1.54) is 0 Å². The van der Waals surface area contributed by atoms with E-state index in [0.29, 0.717) is 30.4 Å². The number of amides is 2. The van der Waals surface area contributed by atoms with Crippen LogP contribution in [0.2, 0.25) is 0 Å². The average Bonchev–Trinajstić information content (AvgIpc) is 3.64. The maximum absolute atomic E-state index is 12.8. The summed E-state index contributed by atoms with van der Waals surface area (Å²) in [4.78, 5) is 45.6. The minimum Gasteiger partial charge on any atom is -0.490 e. The van der Waals surface area contributed by atoms with Crippen LogP contribution in [0.5, 0.6) is 11.6 Å². The van der Waals surface area contributed by atoms with Crippen molar-refractivity contribution in [2.24, 2.45) is 0 Å². The second-order valence-electron chi connectivity index (χ2n) is 9.15. The summed E-state index contributed by atoms with van der Waals surface area (Å²) in [6.07, 6.45) is 5.69. The maximum atomic E-state index is 12.8. The molecule has 4 heterocycles. The van der Waals surface area contributed by atoms with Crippen molar-refractivity contribution in [1.29, 1.82) is 0 Å². The lowest BCUT2D eigenvalue weighted by atomic mass is 10.1. The number of anilines is 1. The summed E-state index contributed by atoms with van der Waals surface area (Å²) >= 11 is 0. The molecule has 2 aliphatic rings. The summed E-state index contributed by atoms with van der Waals surface area (Å²) in [7, 11) is 3.66.